The number of halogens is 3. The van der Waals surface area contributed by atoms with Crippen molar-refractivity contribution < 1.29 is 22.7 Å². The number of amides is 1. The molecule has 2 aromatic rings. The molecule has 10 heteroatoms. The van der Waals surface area contributed by atoms with Gasteiger partial charge in [0.2, 0.25) is 5.91 Å². The van der Waals surface area contributed by atoms with Gasteiger partial charge in [-0.2, -0.15) is 0 Å². The van der Waals surface area contributed by atoms with Crippen LogP contribution in [0.3, 0.4) is 0 Å². The minimum absolute atomic E-state index is 0.0700. The zero-order chi connectivity index (χ0) is 19.6. The van der Waals surface area contributed by atoms with E-state index in [2.05, 4.69) is 15.0 Å². The number of aromatic nitrogens is 2. The summed E-state index contributed by atoms with van der Waals surface area (Å²) >= 11 is 0. The van der Waals surface area contributed by atoms with E-state index >= 15 is 0 Å². The average Bonchev–Trinajstić information content (AvgIpc) is 2.90. The highest BCUT2D eigenvalue weighted by atomic mass is 19.4. The van der Waals surface area contributed by atoms with Crippen molar-refractivity contribution >= 4 is 11.4 Å². The van der Waals surface area contributed by atoms with Crippen LogP contribution in [-0.4, -0.2) is 39.8 Å². The van der Waals surface area contributed by atoms with Gasteiger partial charge >= 0.3 is 6.36 Å². The molecule has 1 amide bonds. The zero-order valence-corrected chi connectivity index (χ0v) is 14.8. The zero-order valence-electron chi connectivity index (χ0n) is 14.8. The second-order valence-electron chi connectivity index (χ2n) is 7.68. The van der Waals surface area contributed by atoms with E-state index in [9.17, 15) is 18.0 Å². The number of nitrogens with zero attached hydrogens (tertiary/aromatic N) is 3. The second-order valence-corrected chi connectivity index (χ2v) is 7.68. The number of fused-ring (bicyclic) bond motifs is 2. The lowest BCUT2D eigenvalue weighted by Gasteiger charge is -2.26. The summed E-state index contributed by atoms with van der Waals surface area (Å²) in [6, 6.07) is 2.67. The van der Waals surface area contributed by atoms with Crippen molar-refractivity contribution in [3.05, 3.63) is 30.4 Å². The molecule has 1 aliphatic carbocycles. The standard InChI is InChI=1S/C17H20F3N5O2/c1-16(2,23-14(26)13-9-7-24(21)8-10(9)13)15-22-6-11-12(27-17(18,19)20)4-3-5-25(11)15/h3-6,9-10,13H,7-8,21H2,1-2H3,(H,23,26)/t9-,10?,13?/m0/s1. The van der Waals surface area contributed by atoms with Crippen LogP contribution in [0.2, 0.25) is 0 Å². The first-order chi connectivity index (χ1) is 12.6. The Balaban J connectivity index is 1.56. The van der Waals surface area contributed by atoms with Gasteiger partial charge in [0, 0.05) is 25.2 Å². The maximum Gasteiger partial charge on any atom is 0.573 e. The summed E-state index contributed by atoms with van der Waals surface area (Å²) in [6.45, 7) is 4.94. The number of hydrogen-bond acceptors (Lipinski definition) is 5. The van der Waals surface area contributed by atoms with Crippen LogP contribution in [0, 0.1) is 17.8 Å². The van der Waals surface area contributed by atoms with Crippen molar-refractivity contribution in [3.63, 3.8) is 0 Å². The molecule has 2 aromatic heterocycles. The van der Waals surface area contributed by atoms with E-state index in [0.717, 1.165) is 0 Å². The van der Waals surface area contributed by atoms with Gasteiger partial charge in [0.1, 0.15) is 11.3 Å². The van der Waals surface area contributed by atoms with Gasteiger partial charge in [-0.05, 0) is 37.8 Å². The summed E-state index contributed by atoms with van der Waals surface area (Å²) < 4.78 is 43.4. The molecule has 0 bridgehead atoms. The predicted molar refractivity (Wildman–Crippen MR) is 89.3 cm³/mol. The van der Waals surface area contributed by atoms with Gasteiger partial charge in [-0.15, -0.1) is 13.2 Å². The number of imidazole rings is 1. The Kier molecular flexibility index (Phi) is 3.90. The van der Waals surface area contributed by atoms with Gasteiger partial charge in [0.05, 0.1) is 11.7 Å². The molecule has 1 saturated heterocycles. The molecular weight excluding hydrogens is 363 g/mol. The van der Waals surface area contributed by atoms with E-state index < -0.39 is 11.9 Å². The first-order valence-corrected chi connectivity index (χ1v) is 8.61. The number of alkyl halides is 3. The fourth-order valence-electron chi connectivity index (χ4n) is 4.06. The Labute approximate surface area is 153 Å². The molecule has 0 aromatic carbocycles. The highest BCUT2D eigenvalue weighted by Crippen LogP contribution is 2.51. The summed E-state index contributed by atoms with van der Waals surface area (Å²) in [5, 5.41) is 4.70. The van der Waals surface area contributed by atoms with Gasteiger partial charge in [-0.25, -0.2) is 9.99 Å². The van der Waals surface area contributed by atoms with Crippen LogP contribution < -0.4 is 15.9 Å². The van der Waals surface area contributed by atoms with Gasteiger partial charge in [0.15, 0.2) is 5.75 Å². The fourth-order valence-corrected chi connectivity index (χ4v) is 4.06. The number of ether oxygens (including phenoxy) is 1. The summed E-state index contributed by atoms with van der Waals surface area (Å²) in [7, 11) is 0. The van der Waals surface area contributed by atoms with E-state index in [1.54, 1.807) is 25.1 Å². The maximum absolute atomic E-state index is 12.6. The maximum atomic E-state index is 12.6. The van der Waals surface area contributed by atoms with Crippen LogP contribution in [0.1, 0.15) is 19.7 Å². The molecule has 4 rings (SSSR count). The molecule has 0 spiro atoms. The topological polar surface area (TPSA) is 84.9 Å². The van der Waals surface area contributed by atoms with Crippen molar-refractivity contribution in [1.29, 1.82) is 0 Å². The van der Waals surface area contributed by atoms with Crippen LogP contribution in [0.4, 0.5) is 13.2 Å². The highest BCUT2D eigenvalue weighted by Gasteiger charge is 2.59. The van der Waals surface area contributed by atoms with E-state index in [4.69, 9.17) is 5.84 Å². The van der Waals surface area contributed by atoms with Crippen molar-refractivity contribution in [2.45, 2.75) is 25.7 Å². The van der Waals surface area contributed by atoms with Gasteiger partial charge < -0.3 is 10.1 Å². The molecule has 7 nitrogen and oxygen atoms in total. The van der Waals surface area contributed by atoms with E-state index in [1.165, 1.54) is 22.7 Å². The summed E-state index contributed by atoms with van der Waals surface area (Å²) in [5.41, 5.74) is -0.700. The predicted octanol–water partition coefficient (Wildman–Crippen LogP) is 1.64. The van der Waals surface area contributed by atoms with Crippen LogP contribution in [0.25, 0.3) is 5.52 Å². The van der Waals surface area contributed by atoms with Crippen molar-refractivity contribution in [2.24, 2.45) is 23.6 Å². The molecule has 3 N–H and O–H groups in total. The summed E-state index contributed by atoms with van der Waals surface area (Å²) in [6.07, 6.45) is -1.90. The third kappa shape index (κ3) is 3.23. The number of hydrazine groups is 1. The quantitative estimate of drug-likeness (QED) is 0.784. The first-order valence-electron chi connectivity index (χ1n) is 8.61. The Hall–Kier alpha value is -2.33. The molecule has 2 fully saturated rings. The monoisotopic (exact) mass is 383 g/mol. The van der Waals surface area contributed by atoms with Crippen LogP contribution in [0.15, 0.2) is 24.5 Å². The Bertz CT molecular complexity index is 882. The highest BCUT2D eigenvalue weighted by molar-refractivity contribution is 5.83. The SMILES string of the molecule is CC(C)(NC(=O)C1C2CN(N)C[C@@H]21)c1ncc2c(OC(F)(F)F)cccn12. The number of carbonyl (C=O) groups is 1. The lowest BCUT2D eigenvalue weighted by atomic mass is 10.0. The Morgan fingerprint density at radius 1 is 1.33 bits per heavy atom. The Morgan fingerprint density at radius 3 is 2.63 bits per heavy atom. The van der Waals surface area contributed by atoms with Gasteiger partial charge in [-0.1, -0.05) is 0 Å². The molecule has 1 aliphatic heterocycles. The molecule has 146 valence electrons. The lowest BCUT2D eigenvalue weighted by Crippen LogP contribution is -2.44. The van der Waals surface area contributed by atoms with Gasteiger partial charge in [0.25, 0.3) is 0 Å². The number of nitrogens with two attached hydrogens (primary N) is 1. The minimum atomic E-state index is -4.79. The van der Waals surface area contributed by atoms with Crippen molar-refractivity contribution in [1.82, 2.24) is 19.7 Å². The van der Waals surface area contributed by atoms with Gasteiger partial charge in [-0.3, -0.25) is 15.0 Å². The van der Waals surface area contributed by atoms with E-state index in [1.807, 2.05) is 0 Å². The normalized spacial score (nSPS) is 25.5. The summed E-state index contributed by atoms with van der Waals surface area (Å²) in [4.78, 5) is 16.9. The average molecular weight is 383 g/mol. The lowest BCUT2D eigenvalue weighted by molar-refractivity contribution is -0.274. The fraction of sp³-hybridized carbons (Fsp3) is 0.529. The molecule has 3 atom stereocenters. The first kappa shape index (κ1) is 18.1. The third-order valence-corrected chi connectivity index (χ3v) is 5.28. The molecule has 2 unspecified atom stereocenters. The second kappa shape index (κ2) is 5.83. The Morgan fingerprint density at radius 2 is 2.00 bits per heavy atom. The largest absolute Gasteiger partial charge is 0.573 e. The number of carbonyl (C=O) groups excluding carboxylic acids is 1. The minimum Gasteiger partial charge on any atom is -0.403 e. The van der Waals surface area contributed by atoms with Crippen LogP contribution in [0.5, 0.6) is 5.75 Å². The number of piperidine rings is 1. The van der Waals surface area contributed by atoms with E-state index in [-0.39, 0.29) is 34.9 Å². The van der Waals surface area contributed by atoms with Crippen molar-refractivity contribution in [3.8, 4) is 5.75 Å². The molecule has 2 aliphatic rings. The summed E-state index contributed by atoms with van der Waals surface area (Å²) in [5.74, 6) is 6.21. The number of rotatable bonds is 4. The molecule has 1 saturated carbocycles. The molecular formula is C17H20F3N5O2. The smallest absolute Gasteiger partial charge is 0.403 e. The van der Waals surface area contributed by atoms with E-state index in [0.29, 0.717) is 18.9 Å². The molecule has 0 radical (unpaired) electrons. The van der Waals surface area contributed by atoms with Crippen molar-refractivity contribution in [2.75, 3.05) is 13.1 Å². The third-order valence-electron chi connectivity index (χ3n) is 5.28. The number of nitrogens with one attached hydrogen (secondary N) is 1. The van der Waals surface area contributed by atoms with Crippen LogP contribution in [-0.2, 0) is 10.3 Å². The number of pyridine rings is 1. The molecule has 3 heterocycles. The molecule has 27 heavy (non-hydrogen) atoms. The van der Waals surface area contributed by atoms with Crippen LogP contribution >= 0.6 is 0 Å². The number of hydrogen-bond donors (Lipinski definition) is 2.